The number of carbonyl (C=O) groups is 1. The number of hydrogen-bond donors (Lipinski definition) is 1. The fourth-order valence-electron chi connectivity index (χ4n) is 3.08. The van der Waals surface area contributed by atoms with Crippen LogP contribution in [0.4, 0.5) is 0 Å². The number of hydrogen-bond acceptors (Lipinski definition) is 3. The van der Waals surface area contributed by atoms with E-state index in [4.69, 9.17) is 0 Å². The summed E-state index contributed by atoms with van der Waals surface area (Å²) >= 11 is 0. The minimum absolute atomic E-state index is 0.108. The van der Waals surface area contributed by atoms with Crippen LogP contribution in [0.5, 0.6) is 0 Å². The predicted octanol–water partition coefficient (Wildman–Crippen LogP) is 3.19. The number of amides is 1. The van der Waals surface area contributed by atoms with Crippen molar-refractivity contribution in [2.24, 2.45) is 0 Å². The monoisotopic (exact) mass is 333 g/mol. The zero-order valence-electron chi connectivity index (χ0n) is 14.2. The second-order valence-corrected chi connectivity index (χ2v) is 6.29. The Morgan fingerprint density at radius 3 is 2.76 bits per heavy atom. The number of pyridine rings is 1. The molecule has 3 heterocycles. The molecule has 126 valence electrons. The highest BCUT2D eigenvalue weighted by molar-refractivity contribution is 6.07. The van der Waals surface area contributed by atoms with E-state index in [1.165, 1.54) is 0 Å². The number of rotatable bonds is 4. The van der Waals surface area contributed by atoms with Crippen molar-refractivity contribution in [3.63, 3.8) is 0 Å². The maximum atomic E-state index is 12.7. The largest absolute Gasteiger partial charge is 0.345 e. The molecule has 25 heavy (non-hydrogen) atoms. The van der Waals surface area contributed by atoms with Crippen molar-refractivity contribution in [2.45, 2.75) is 26.4 Å². The van der Waals surface area contributed by atoms with E-state index in [0.29, 0.717) is 17.9 Å². The Kier molecular flexibility index (Phi) is 3.72. The third-order valence-corrected chi connectivity index (χ3v) is 4.33. The molecule has 0 saturated heterocycles. The van der Waals surface area contributed by atoms with Gasteiger partial charge in [-0.1, -0.05) is 24.3 Å². The number of para-hydroxylation sites is 1. The summed E-state index contributed by atoms with van der Waals surface area (Å²) in [6.07, 6.45) is 3.81. The standard InChI is InChI=1S/C19H19N5O/c1-13(2)24-12-15(14-7-3-4-8-16(14)24)19(25)20-11-18-22-21-17-9-5-6-10-23(17)18/h3-10,12-13H,11H2,1-2H3,(H,20,25). The first-order valence-corrected chi connectivity index (χ1v) is 8.31. The van der Waals surface area contributed by atoms with Crippen molar-refractivity contribution in [1.29, 1.82) is 0 Å². The van der Waals surface area contributed by atoms with Gasteiger partial charge in [-0.25, -0.2) is 0 Å². The molecule has 4 rings (SSSR count). The molecule has 0 spiro atoms. The molecule has 0 radical (unpaired) electrons. The van der Waals surface area contributed by atoms with Crippen LogP contribution in [-0.4, -0.2) is 25.1 Å². The van der Waals surface area contributed by atoms with E-state index < -0.39 is 0 Å². The van der Waals surface area contributed by atoms with Crippen LogP contribution in [0.15, 0.2) is 54.9 Å². The van der Waals surface area contributed by atoms with Crippen LogP contribution in [-0.2, 0) is 6.54 Å². The molecule has 1 N–H and O–H groups in total. The van der Waals surface area contributed by atoms with Gasteiger partial charge in [0.2, 0.25) is 0 Å². The summed E-state index contributed by atoms with van der Waals surface area (Å²) in [6, 6.07) is 14.0. The molecule has 0 aliphatic rings. The van der Waals surface area contributed by atoms with Gasteiger partial charge in [0.15, 0.2) is 11.5 Å². The Balaban J connectivity index is 1.62. The van der Waals surface area contributed by atoms with Gasteiger partial charge in [-0.15, -0.1) is 10.2 Å². The van der Waals surface area contributed by atoms with Crippen molar-refractivity contribution >= 4 is 22.5 Å². The van der Waals surface area contributed by atoms with Gasteiger partial charge in [0, 0.05) is 29.3 Å². The molecule has 0 bridgehead atoms. The van der Waals surface area contributed by atoms with Gasteiger partial charge in [0.1, 0.15) is 0 Å². The Morgan fingerprint density at radius 2 is 1.92 bits per heavy atom. The first-order chi connectivity index (χ1) is 12.1. The van der Waals surface area contributed by atoms with E-state index in [1.54, 1.807) is 0 Å². The smallest absolute Gasteiger partial charge is 0.253 e. The van der Waals surface area contributed by atoms with Crippen LogP contribution < -0.4 is 5.32 Å². The SMILES string of the molecule is CC(C)n1cc(C(=O)NCc2nnc3ccccn23)c2ccccc21. The summed E-state index contributed by atoms with van der Waals surface area (Å²) in [6.45, 7) is 4.54. The van der Waals surface area contributed by atoms with E-state index >= 15 is 0 Å². The third-order valence-electron chi connectivity index (χ3n) is 4.33. The van der Waals surface area contributed by atoms with Crippen molar-refractivity contribution in [1.82, 2.24) is 24.5 Å². The first kappa shape index (κ1) is 15.4. The lowest BCUT2D eigenvalue weighted by molar-refractivity contribution is 0.0951. The molecule has 0 aliphatic carbocycles. The fourth-order valence-corrected chi connectivity index (χ4v) is 3.08. The summed E-state index contributed by atoms with van der Waals surface area (Å²) in [7, 11) is 0. The maximum absolute atomic E-state index is 12.7. The molecule has 0 saturated carbocycles. The number of aromatic nitrogens is 4. The third kappa shape index (κ3) is 2.65. The van der Waals surface area contributed by atoms with Gasteiger partial charge >= 0.3 is 0 Å². The molecule has 6 heteroatoms. The van der Waals surface area contributed by atoms with Gasteiger partial charge in [0.05, 0.1) is 12.1 Å². The molecule has 0 fully saturated rings. The van der Waals surface area contributed by atoms with E-state index in [2.05, 4.69) is 33.9 Å². The van der Waals surface area contributed by atoms with E-state index in [9.17, 15) is 4.79 Å². The van der Waals surface area contributed by atoms with Gasteiger partial charge in [0.25, 0.3) is 5.91 Å². The van der Waals surface area contributed by atoms with Crippen LogP contribution in [0.3, 0.4) is 0 Å². The molecular weight excluding hydrogens is 314 g/mol. The molecule has 1 aromatic carbocycles. The molecule has 0 aliphatic heterocycles. The predicted molar refractivity (Wildman–Crippen MR) is 96.5 cm³/mol. The zero-order valence-corrected chi connectivity index (χ0v) is 14.2. The second-order valence-electron chi connectivity index (χ2n) is 6.29. The minimum atomic E-state index is -0.108. The zero-order chi connectivity index (χ0) is 17.4. The Labute approximate surface area is 145 Å². The van der Waals surface area contributed by atoms with Gasteiger partial charge in [-0.3, -0.25) is 9.20 Å². The van der Waals surface area contributed by atoms with Crippen molar-refractivity contribution in [2.75, 3.05) is 0 Å². The lowest BCUT2D eigenvalue weighted by Crippen LogP contribution is -2.23. The van der Waals surface area contributed by atoms with Crippen LogP contribution in [0.2, 0.25) is 0 Å². The van der Waals surface area contributed by atoms with Crippen molar-refractivity contribution < 1.29 is 4.79 Å². The number of nitrogens with zero attached hydrogens (tertiary/aromatic N) is 4. The average molecular weight is 333 g/mol. The summed E-state index contributed by atoms with van der Waals surface area (Å²) in [5.41, 5.74) is 2.51. The topological polar surface area (TPSA) is 64.2 Å². The second kappa shape index (κ2) is 6.05. The summed E-state index contributed by atoms with van der Waals surface area (Å²) < 4.78 is 3.99. The molecule has 0 atom stereocenters. The summed E-state index contributed by atoms with van der Waals surface area (Å²) in [4.78, 5) is 12.7. The molecule has 1 amide bonds. The van der Waals surface area contributed by atoms with Gasteiger partial charge in [-0.05, 0) is 32.0 Å². The number of benzene rings is 1. The van der Waals surface area contributed by atoms with E-state index in [0.717, 1.165) is 16.6 Å². The maximum Gasteiger partial charge on any atom is 0.253 e. The van der Waals surface area contributed by atoms with Crippen LogP contribution in [0.25, 0.3) is 16.6 Å². The minimum Gasteiger partial charge on any atom is -0.345 e. The number of nitrogens with one attached hydrogen (secondary N) is 1. The molecule has 0 unspecified atom stereocenters. The Morgan fingerprint density at radius 1 is 1.12 bits per heavy atom. The Bertz CT molecular complexity index is 1060. The molecular formula is C19H19N5O. The van der Waals surface area contributed by atoms with E-state index in [1.807, 2.05) is 59.3 Å². The normalized spacial score (nSPS) is 11.5. The highest BCUT2D eigenvalue weighted by Gasteiger charge is 2.16. The fraction of sp³-hybridized carbons (Fsp3) is 0.211. The van der Waals surface area contributed by atoms with E-state index in [-0.39, 0.29) is 11.9 Å². The lowest BCUT2D eigenvalue weighted by atomic mass is 10.1. The van der Waals surface area contributed by atoms with Crippen LogP contribution in [0, 0.1) is 0 Å². The lowest BCUT2D eigenvalue weighted by Gasteiger charge is -2.08. The van der Waals surface area contributed by atoms with Crippen LogP contribution >= 0.6 is 0 Å². The van der Waals surface area contributed by atoms with Crippen molar-refractivity contribution in [3.05, 3.63) is 66.2 Å². The van der Waals surface area contributed by atoms with Crippen molar-refractivity contribution in [3.8, 4) is 0 Å². The summed E-state index contributed by atoms with van der Waals surface area (Å²) in [5.74, 6) is 0.597. The molecule has 6 nitrogen and oxygen atoms in total. The average Bonchev–Trinajstić information content (AvgIpc) is 3.21. The quantitative estimate of drug-likeness (QED) is 0.624. The van der Waals surface area contributed by atoms with Gasteiger partial charge < -0.3 is 9.88 Å². The van der Waals surface area contributed by atoms with Crippen LogP contribution in [0.1, 0.15) is 36.1 Å². The first-order valence-electron chi connectivity index (χ1n) is 8.31. The molecule has 3 aromatic heterocycles. The highest BCUT2D eigenvalue weighted by atomic mass is 16.1. The highest BCUT2D eigenvalue weighted by Crippen LogP contribution is 2.24. The molecule has 4 aromatic rings. The number of fused-ring (bicyclic) bond motifs is 2. The number of carbonyl (C=O) groups excluding carboxylic acids is 1. The summed E-state index contributed by atoms with van der Waals surface area (Å²) in [5, 5.41) is 12.2. The van der Waals surface area contributed by atoms with Gasteiger partial charge in [-0.2, -0.15) is 0 Å². The Hall–Kier alpha value is -3.15.